The summed E-state index contributed by atoms with van der Waals surface area (Å²) >= 11 is 0. The molecule has 2 saturated carbocycles. The Labute approximate surface area is 244 Å². The number of allylic oxidation sites excluding steroid dienone is 2. The van der Waals surface area contributed by atoms with E-state index in [0.29, 0.717) is 36.3 Å². The fourth-order valence-electron chi connectivity index (χ4n) is 4.70. The molecule has 0 radical (unpaired) electrons. The molecule has 2 aliphatic carbocycles. The van der Waals surface area contributed by atoms with Gasteiger partial charge in [-0.3, -0.25) is 9.79 Å². The lowest BCUT2D eigenvalue weighted by molar-refractivity contribution is -0.119. The Kier molecular flexibility index (Phi) is 9.27. The van der Waals surface area contributed by atoms with Crippen molar-refractivity contribution in [2.24, 2.45) is 10.9 Å². The summed E-state index contributed by atoms with van der Waals surface area (Å²) in [6.07, 6.45) is 6.93. The Hall–Kier alpha value is -3.50. The summed E-state index contributed by atoms with van der Waals surface area (Å²) in [4.78, 5) is 22.0. The van der Waals surface area contributed by atoms with Crippen LogP contribution in [0, 0.1) is 23.4 Å². The lowest BCUT2D eigenvalue weighted by Crippen LogP contribution is -2.44. The normalized spacial score (nSPS) is 18.1. The molecule has 0 aliphatic heterocycles. The second kappa shape index (κ2) is 12.4. The van der Waals surface area contributed by atoms with Crippen molar-refractivity contribution in [2.45, 2.75) is 84.0 Å². The predicted molar refractivity (Wildman–Crippen MR) is 154 cm³/mol. The summed E-state index contributed by atoms with van der Waals surface area (Å²) < 4.78 is 49.4. The first-order valence-corrected chi connectivity index (χ1v) is 14.2. The third kappa shape index (κ3) is 7.10. The van der Waals surface area contributed by atoms with E-state index in [1.807, 2.05) is 6.92 Å². The zero-order chi connectivity index (χ0) is 30.8. The highest BCUT2D eigenvalue weighted by Crippen LogP contribution is 2.46. The minimum absolute atomic E-state index is 0.0105. The zero-order valence-electron chi connectivity index (χ0n) is 24.6. The maximum Gasteiger partial charge on any atom is 0.247 e. The first-order valence-electron chi connectivity index (χ1n) is 14.2. The molecule has 42 heavy (non-hydrogen) atoms. The smallest absolute Gasteiger partial charge is 0.247 e. The maximum atomic E-state index is 15.6. The minimum Gasteiger partial charge on any atom is -0.489 e. The number of hydrogen-bond acceptors (Lipinski definition) is 6. The minimum atomic E-state index is -1.72. The van der Waals surface area contributed by atoms with Gasteiger partial charge in [-0.15, -0.1) is 0 Å². The molecule has 1 amide bonds. The van der Waals surface area contributed by atoms with Crippen LogP contribution in [0.3, 0.4) is 0 Å². The summed E-state index contributed by atoms with van der Waals surface area (Å²) in [6.45, 7) is 7.93. The highest BCUT2D eigenvalue weighted by molar-refractivity contribution is 5.93. The van der Waals surface area contributed by atoms with Crippen molar-refractivity contribution in [3.05, 3.63) is 76.1 Å². The van der Waals surface area contributed by atoms with Crippen molar-refractivity contribution >= 4 is 12.1 Å². The standard InChI is InChI=1S/C32H38F3N3O4/c1-6-19(15-26(18(3)36-7-2)42-22-11-12-22)30(39)37-17-32(41,21-9-10-21)27-16-23(31(4,5)40)28(35)29(38-27)20-8-13-24(33)25(34)14-20/h7-8,13-16,21-22,40-41H,6,9-12,17H2,1-5H3,(H,37,39)/b19-15+,26-18-,36-7?. The van der Waals surface area contributed by atoms with Gasteiger partial charge in [0.25, 0.3) is 0 Å². The average molecular weight is 586 g/mol. The molecule has 4 rings (SSSR count). The third-order valence-electron chi connectivity index (χ3n) is 7.50. The van der Waals surface area contributed by atoms with Crippen LogP contribution in [0.1, 0.15) is 78.0 Å². The van der Waals surface area contributed by atoms with Crippen LogP contribution in [-0.4, -0.2) is 40.0 Å². The number of benzene rings is 1. The van der Waals surface area contributed by atoms with Crippen LogP contribution in [0.25, 0.3) is 11.3 Å². The molecule has 1 aromatic carbocycles. The van der Waals surface area contributed by atoms with E-state index in [1.165, 1.54) is 26.0 Å². The molecule has 1 aromatic heterocycles. The molecule has 1 heterocycles. The van der Waals surface area contributed by atoms with Gasteiger partial charge in [0, 0.05) is 22.9 Å². The van der Waals surface area contributed by atoms with Crippen LogP contribution in [0.2, 0.25) is 0 Å². The van der Waals surface area contributed by atoms with E-state index >= 15 is 4.39 Å². The lowest BCUT2D eigenvalue weighted by Gasteiger charge is -2.31. The van der Waals surface area contributed by atoms with Crippen LogP contribution in [0.15, 0.2) is 52.4 Å². The molecule has 226 valence electrons. The van der Waals surface area contributed by atoms with Crippen LogP contribution >= 0.6 is 0 Å². The first kappa shape index (κ1) is 31.4. The van der Waals surface area contributed by atoms with Gasteiger partial charge in [0.05, 0.1) is 29.6 Å². The molecular formula is C32H38F3N3O4. The number of rotatable bonds is 12. The number of aliphatic imine (C=N–C) groups is 1. The Bertz CT molecular complexity index is 1440. The lowest BCUT2D eigenvalue weighted by atomic mass is 9.87. The topological polar surface area (TPSA) is 104 Å². The molecule has 3 N–H and O–H groups in total. The Balaban J connectivity index is 1.70. The van der Waals surface area contributed by atoms with E-state index in [0.717, 1.165) is 25.0 Å². The fourth-order valence-corrected chi connectivity index (χ4v) is 4.70. The molecule has 2 aromatic rings. The molecule has 2 aliphatic rings. The molecule has 1 unspecified atom stereocenters. The molecule has 1 atom stereocenters. The van der Waals surface area contributed by atoms with Gasteiger partial charge in [-0.25, -0.2) is 18.2 Å². The van der Waals surface area contributed by atoms with Crippen LogP contribution < -0.4 is 5.32 Å². The van der Waals surface area contributed by atoms with Gasteiger partial charge in [0.1, 0.15) is 17.1 Å². The van der Waals surface area contributed by atoms with E-state index < -0.39 is 34.6 Å². The molecule has 0 bridgehead atoms. The molecular weight excluding hydrogens is 547 g/mol. The largest absolute Gasteiger partial charge is 0.489 e. The van der Waals surface area contributed by atoms with Gasteiger partial charge >= 0.3 is 0 Å². The number of aliphatic hydroxyl groups is 2. The average Bonchev–Trinajstić information content (AvgIpc) is 3.85. The van der Waals surface area contributed by atoms with Crippen molar-refractivity contribution in [1.29, 1.82) is 0 Å². The third-order valence-corrected chi connectivity index (χ3v) is 7.50. The van der Waals surface area contributed by atoms with E-state index in [1.54, 1.807) is 26.1 Å². The first-order chi connectivity index (χ1) is 19.8. The number of hydrogen-bond donors (Lipinski definition) is 3. The monoisotopic (exact) mass is 585 g/mol. The van der Waals surface area contributed by atoms with Crippen LogP contribution in [-0.2, 0) is 20.7 Å². The molecule has 10 heteroatoms. The van der Waals surface area contributed by atoms with Gasteiger partial charge in [0.2, 0.25) is 5.91 Å². The van der Waals surface area contributed by atoms with Crippen molar-refractivity contribution in [2.75, 3.05) is 6.54 Å². The number of aromatic nitrogens is 1. The zero-order valence-corrected chi connectivity index (χ0v) is 24.6. The molecule has 0 saturated heterocycles. The number of halogens is 3. The van der Waals surface area contributed by atoms with E-state index in [-0.39, 0.29) is 41.1 Å². The summed E-state index contributed by atoms with van der Waals surface area (Å²) in [5.74, 6) is -3.43. The van der Waals surface area contributed by atoms with E-state index in [9.17, 15) is 23.8 Å². The van der Waals surface area contributed by atoms with Gasteiger partial charge in [-0.2, -0.15) is 0 Å². The van der Waals surface area contributed by atoms with Gasteiger partial charge in [0.15, 0.2) is 17.5 Å². The second-order valence-corrected chi connectivity index (χ2v) is 11.5. The number of carbonyl (C=O) groups is 1. The molecule has 7 nitrogen and oxygen atoms in total. The molecule has 2 fully saturated rings. The predicted octanol–water partition coefficient (Wildman–Crippen LogP) is 5.94. The SMILES string of the molecule is CC=N/C(C)=C(/C=C(\CC)C(=O)NCC(O)(c1cc(C(C)(C)O)c(F)c(-c2ccc(F)c(F)c2)n1)C1CC1)OC1CC1. The summed E-state index contributed by atoms with van der Waals surface area (Å²) in [6, 6.07) is 4.12. The number of carbonyl (C=O) groups excluding carboxylic acids is 1. The number of amides is 1. The van der Waals surface area contributed by atoms with Gasteiger partial charge in [-0.05, 0) is 96.1 Å². The number of pyridine rings is 1. The van der Waals surface area contributed by atoms with Crippen molar-refractivity contribution in [1.82, 2.24) is 10.3 Å². The number of nitrogens with zero attached hydrogens (tertiary/aromatic N) is 2. The van der Waals surface area contributed by atoms with Gasteiger partial charge in [-0.1, -0.05) is 6.92 Å². The van der Waals surface area contributed by atoms with Crippen LogP contribution in [0.5, 0.6) is 0 Å². The second-order valence-electron chi connectivity index (χ2n) is 11.5. The maximum absolute atomic E-state index is 15.6. The van der Waals surface area contributed by atoms with Crippen LogP contribution in [0.4, 0.5) is 13.2 Å². The summed E-state index contributed by atoms with van der Waals surface area (Å²) in [5, 5.41) is 25.5. The summed E-state index contributed by atoms with van der Waals surface area (Å²) in [7, 11) is 0. The van der Waals surface area contributed by atoms with Crippen molar-refractivity contribution < 1.29 is 32.9 Å². The van der Waals surface area contributed by atoms with Gasteiger partial charge < -0.3 is 20.3 Å². The Morgan fingerprint density at radius 3 is 2.38 bits per heavy atom. The Morgan fingerprint density at radius 1 is 1.14 bits per heavy atom. The van der Waals surface area contributed by atoms with Crippen molar-refractivity contribution in [3.8, 4) is 11.3 Å². The van der Waals surface area contributed by atoms with E-state index in [2.05, 4.69) is 15.3 Å². The quantitative estimate of drug-likeness (QED) is 0.124. The fraction of sp³-hybridized carbons (Fsp3) is 0.469. The number of ether oxygens (including phenoxy) is 1. The van der Waals surface area contributed by atoms with Crippen molar-refractivity contribution in [3.63, 3.8) is 0 Å². The van der Waals surface area contributed by atoms with E-state index in [4.69, 9.17) is 4.74 Å². The number of nitrogens with one attached hydrogen (secondary N) is 1. The molecule has 0 spiro atoms. The Morgan fingerprint density at radius 2 is 1.83 bits per heavy atom. The highest BCUT2D eigenvalue weighted by atomic mass is 19.2. The highest BCUT2D eigenvalue weighted by Gasteiger charge is 2.47. The summed E-state index contributed by atoms with van der Waals surface area (Å²) in [5.41, 5.74) is -2.93.